The molecule has 2 saturated heterocycles. The van der Waals surface area contributed by atoms with Crippen molar-refractivity contribution in [3.8, 4) is 0 Å². The van der Waals surface area contributed by atoms with Crippen molar-refractivity contribution in [2.24, 2.45) is 0 Å². The van der Waals surface area contributed by atoms with Crippen LogP contribution in [0, 0.1) is 0 Å². The minimum Gasteiger partial charge on any atom is -0.377 e. The van der Waals surface area contributed by atoms with Gasteiger partial charge in [-0.2, -0.15) is 0 Å². The first kappa shape index (κ1) is 21.8. The molecule has 0 unspecified atom stereocenters. The molecule has 6 rings (SSSR count). The van der Waals surface area contributed by atoms with Crippen molar-refractivity contribution in [1.29, 1.82) is 0 Å². The summed E-state index contributed by atoms with van der Waals surface area (Å²) in [7, 11) is 0. The quantitative estimate of drug-likeness (QED) is 0.431. The van der Waals surface area contributed by atoms with Crippen LogP contribution in [0.1, 0.15) is 22.4 Å². The summed E-state index contributed by atoms with van der Waals surface area (Å²) in [4.78, 5) is 17.4. The van der Waals surface area contributed by atoms with Gasteiger partial charge in [0.2, 0.25) is 5.91 Å². The average Bonchev–Trinajstić information content (AvgIpc) is 3.35. The molecule has 6 heteroatoms. The van der Waals surface area contributed by atoms with Crippen molar-refractivity contribution in [1.82, 2.24) is 20.2 Å². The molecule has 0 saturated carbocycles. The van der Waals surface area contributed by atoms with Gasteiger partial charge in [-0.15, -0.1) is 0 Å². The van der Waals surface area contributed by atoms with Crippen LogP contribution >= 0.6 is 0 Å². The van der Waals surface area contributed by atoms with Crippen molar-refractivity contribution in [2.45, 2.75) is 23.5 Å². The zero-order valence-corrected chi connectivity index (χ0v) is 19.4. The molecule has 1 amide bonds. The molecule has 1 spiro atoms. The number of aromatic nitrogens is 2. The van der Waals surface area contributed by atoms with Crippen LogP contribution in [0.4, 0.5) is 0 Å². The van der Waals surface area contributed by atoms with Gasteiger partial charge in [-0.3, -0.25) is 10.1 Å². The van der Waals surface area contributed by atoms with Gasteiger partial charge in [-0.1, -0.05) is 91.0 Å². The highest BCUT2D eigenvalue weighted by Gasteiger charge is 2.45. The molecule has 35 heavy (non-hydrogen) atoms. The van der Waals surface area contributed by atoms with Gasteiger partial charge >= 0.3 is 0 Å². The Morgan fingerprint density at radius 3 is 1.91 bits per heavy atom. The number of amides is 1. The maximum atomic E-state index is 12.6. The number of piperazine rings is 1. The molecule has 3 aromatic carbocycles. The smallest absolute Gasteiger partial charge is 0.237 e. The lowest BCUT2D eigenvalue weighted by Gasteiger charge is -2.47. The molecule has 0 bridgehead atoms. The summed E-state index contributed by atoms with van der Waals surface area (Å²) in [6.45, 7) is 1.85. The van der Waals surface area contributed by atoms with Gasteiger partial charge in [-0.05, 0) is 16.7 Å². The predicted octanol–water partition coefficient (Wildman–Crippen LogP) is 3.12. The van der Waals surface area contributed by atoms with Gasteiger partial charge in [0.1, 0.15) is 5.54 Å². The van der Waals surface area contributed by atoms with E-state index in [1.54, 1.807) is 0 Å². The van der Waals surface area contributed by atoms with Gasteiger partial charge in [0.25, 0.3) is 0 Å². The van der Waals surface area contributed by atoms with E-state index in [1.165, 1.54) is 0 Å². The number of nitrogens with zero attached hydrogens (tertiary/aromatic N) is 2. The number of hydrogen-bond donors (Lipinski definition) is 2. The van der Waals surface area contributed by atoms with E-state index in [2.05, 4.69) is 94.2 Å². The first-order valence-electron chi connectivity index (χ1n) is 12.0. The Balaban J connectivity index is 1.45. The molecular weight excluding hydrogens is 436 g/mol. The highest BCUT2D eigenvalue weighted by atomic mass is 16.5. The first-order valence-corrected chi connectivity index (χ1v) is 12.0. The van der Waals surface area contributed by atoms with Crippen molar-refractivity contribution in [3.63, 3.8) is 0 Å². The van der Waals surface area contributed by atoms with Crippen LogP contribution < -0.4 is 10.6 Å². The van der Waals surface area contributed by atoms with Crippen LogP contribution in [0.5, 0.6) is 0 Å². The third-order valence-corrected chi connectivity index (χ3v) is 7.17. The fourth-order valence-electron chi connectivity index (χ4n) is 5.39. The number of rotatable bonds is 6. The highest BCUT2D eigenvalue weighted by Crippen LogP contribution is 2.40. The molecule has 2 fully saturated rings. The number of carbonyl (C=O) groups excluding carboxylic acids is 1. The number of ether oxygens (including phenoxy) is 1. The summed E-state index contributed by atoms with van der Waals surface area (Å²) < 4.78 is 7.60. The fourth-order valence-corrected chi connectivity index (χ4v) is 5.39. The van der Waals surface area contributed by atoms with Gasteiger partial charge in [0.15, 0.2) is 0 Å². The van der Waals surface area contributed by atoms with Gasteiger partial charge in [0, 0.05) is 19.2 Å². The molecule has 1 atom stereocenters. The van der Waals surface area contributed by atoms with Crippen molar-refractivity contribution in [2.75, 3.05) is 19.8 Å². The molecule has 6 nitrogen and oxygen atoms in total. The molecule has 176 valence electrons. The van der Waals surface area contributed by atoms with E-state index < -0.39 is 5.54 Å². The predicted molar refractivity (Wildman–Crippen MR) is 134 cm³/mol. The summed E-state index contributed by atoms with van der Waals surface area (Å²) in [5.41, 5.74) is 3.52. The minimum atomic E-state index is -0.611. The Hall–Kier alpha value is -3.74. The molecule has 0 aliphatic carbocycles. The summed E-state index contributed by atoms with van der Waals surface area (Å²) in [5, 5.41) is 6.57. The van der Waals surface area contributed by atoms with Crippen LogP contribution in [0.3, 0.4) is 0 Å². The molecule has 2 aliphatic heterocycles. The van der Waals surface area contributed by atoms with E-state index in [0.29, 0.717) is 26.2 Å². The Labute approximate surface area is 205 Å². The van der Waals surface area contributed by atoms with E-state index in [9.17, 15) is 4.79 Å². The molecule has 1 aromatic heterocycles. The second-order valence-electron chi connectivity index (χ2n) is 9.47. The molecule has 0 radical (unpaired) electrons. The molecular formula is C29H28N4O2. The van der Waals surface area contributed by atoms with Crippen molar-refractivity contribution >= 4 is 5.91 Å². The Kier molecular flexibility index (Phi) is 5.47. The van der Waals surface area contributed by atoms with Crippen LogP contribution in [-0.2, 0) is 21.5 Å². The fraction of sp³-hybridized carbons (Fsp3) is 0.241. The Bertz CT molecular complexity index is 1200. The highest BCUT2D eigenvalue weighted by molar-refractivity contribution is 5.83. The van der Waals surface area contributed by atoms with Crippen LogP contribution in [0.15, 0.2) is 104 Å². The molecule has 4 aromatic rings. The summed E-state index contributed by atoms with van der Waals surface area (Å²) in [6.07, 6.45) is 4.49. The van der Waals surface area contributed by atoms with E-state index in [-0.39, 0.29) is 17.5 Å². The maximum Gasteiger partial charge on any atom is 0.237 e. The number of benzene rings is 3. The van der Waals surface area contributed by atoms with Gasteiger partial charge < -0.3 is 14.6 Å². The van der Waals surface area contributed by atoms with E-state index in [4.69, 9.17) is 9.72 Å². The van der Waals surface area contributed by atoms with Gasteiger partial charge in [-0.25, -0.2) is 4.98 Å². The average molecular weight is 465 g/mol. The lowest BCUT2D eigenvalue weighted by atomic mass is 9.77. The number of carbonyl (C=O) groups is 1. The lowest BCUT2D eigenvalue weighted by molar-refractivity contribution is -0.136. The Morgan fingerprint density at radius 2 is 1.43 bits per heavy atom. The monoisotopic (exact) mass is 464 g/mol. The SMILES string of the molecule is O=C1NCC2(COC2)N[C@H]1Cc1cn(C(c2ccccc2)(c2ccccc2)c2ccccc2)cn1. The van der Waals surface area contributed by atoms with Crippen LogP contribution in [-0.4, -0.2) is 46.8 Å². The van der Waals surface area contributed by atoms with Crippen LogP contribution in [0.25, 0.3) is 0 Å². The molecule has 2 aliphatic rings. The van der Waals surface area contributed by atoms with Crippen LogP contribution in [0.2, 0.25) is 0 Å². The second kappa shape index (κ2) is 8.80. The normalized spacial score (nSPS) is 19.2. The van der Waals surface area contributed by atoms with E-state index in [1.807, 2.05) is 24.5 Å². The third kappa shape index (κ3) is 3.75. The standard InChI is InChI=1S/C29H28N4O2/c34-27-26(32-28(18-30-27)19-35-20-28)16-25-17-33(21-31-25)29(22-10-4-1-5-11-22,23-12-6-2-7-13-23)24-14-8-3-9-15-24/h1-15,17,21,26,32H,16,18-20H2,(H,30,34)/t26-/m0/s1. The van der Waals surface area contributed by atoms with Gasteiger partial charge in [0.05, 0.1) is 36.8 Å². The number of nitrogens with one attached hydrogen (secondary N) is 2. The Morgan fingerprint density at radius 1 is 0.886 bits per heavy atom. The van der Waals surface area contributed by atoms with Crippen molar-refractivity contribution in [3.05, 3.63) is 126 Å². The topological polar surface area (TPSA) is 68.2 Å². The molecule has 3 heterocycles. The number of hydrogen-bond acceptors (Lipinski definition) is 4. The lowest BCUT2D eigenvalue weighted by Crippen LogP contribution is -2.74. The second-order valence-corrected chi connectivity index (χ2v) is 9.47. The first-order chi connectivity index (χ1) is 17.2. The summed E-state index contributed by atoms with van der Waals surface area (Å²) in [6, 6.07) is 31.2. The summed E-state index contributed by atoms with van der Waals surface area (Å²) >= 11 is 0. The third-order valence-electron chi connectivity index (χ3n) is 7.17. The van der Waals surface area contributed by atoms with E-state index in [0.717, 1.165) is 22.4 Å². The summed E-state index contributed by atoms with van der Waals surface area (Å²) in [5.74, 6) is 0.0116. The maximum absolute atomic E-state index is 12.6. The van der Waals surface area contributed by atoms with Crippen molar-refractivity contribution < 1.29 is 9.53 Å². The largest absolute Gasteiger partial charge is 0.377 e. The minimum absolute atomic E-state index is 0.0116. The van der Waals surface area contributed by atoms with E-state index >= 15 is 0 Å². The zero-order chi connectivity index (χ0) is 23.7. The number of imidazole rings is 1. The zero-order valence-electron chi connectivity index (χ0n) is 19.4. The molecule has 2 N–H and O–H groups in total.